The second-order valence-corrected chi connectivity index (χ2v) is 10.2. The SMILES string of the molecule is COc1ccc(-c2cnc3c(N4CCN(Cc5cccnc5OC)CC4)nccn23)cc1.O=C(O)C(F)(F)F.O=C(O)C(F)(F)F.O=C(O)C(F)(F)F. The molecule has 53 heavy (non-hydrogen) atoms. The summed E-state index contributed by atoms with van der Waals surface area (Å²) in [4.78, 5) is 45.1. The number of ether oxygens (including phenoxy) is 2. The summed E-state index contributed by atoms with van der Waals surface area (Å²) < 4.78 is 108. The van der Waals surface area contributed by atoms with Crippen LogP contribution < -0.4 is 14.4 Å². The number of hydrogen-bond donors (Lipinski definition) is 3. The monoisotopic (exact) mass is 772 g/mol. The Balaban J connectivity index is 0.000000379. The number of piperazine rings is 1. The molecular weight excluding hydrogens is 743 g/mol. The van der Waals surface area contributed by atoms with E-state index in [1.807, 2.05) is 48.9 Å². The van der Waals surface area contributed by atoms with Gasteiger partial charge in [0.2, 0.25) is 5.88 Å². The zero-order valence-electron chi connectivity index (χ0n) is 27.3. The highest BCUT2D eigenvalue weighted by atomic mass is 19.4. The number of aliphatic carboxylic acids is 3. The minimum absolute atomic E-state index is 0.699. The summed E-state index contributed by atoms with van der Waals surface area (Å²) in [5.74, 6) is -5.81. The van der Waals surface area contributed by atoms with Crippen LogP contribution in [0.4, 0.5) is 45.3 Å². The van der Waals surface area contributed by atoms with Gasteiger partial charge < -0.3 is 29.7 Å². The van der Waals surface area contributed by atoms with E-state index in [1.165, 1.54) is 0 Å². The molecule has 290 valence electrons. The number of anilines is 1. The van der Waals surface area contributed by atoms with Crippen LogP contribution in [-0.2, 0) is 20.9 Å². The lowest BCUT2D eigenvalue weighted by Crippen LogP contribution is -2.46. The highest BCUT2D eigenvalue weighted by Gasteiger charge is 2.39. The van der Waals surface area contributed by atoms with Crippen molar-refractivity contribution in [2.75, 3.05) is 45.3 Å². The molecule has 0 saturated carbocycles. The van der Waals surface area contributed by atoms with Crippen LogP contribution in [0.1, 0.15) is 5.56 Å². The molecule has 3 aromatic heterocycles. The summed E-state index contributed by atoms with van der Waals surface area (Å²) in [7, 11) is 3.34. The molecule has 1 aliphatic heterocycles. The average Bonchev–Trinajstić information content (AvgIpc) is 3.53. The van der Waals surface area contributed by atoms with Crippen LogP contribution in [-0.4, -0.2) is 116 Å². The van der Waals surface area contributed by atoms with E-state index in [9.17, 15) is 39.5 Å². The molecule has 0 bridgehead atoms. The molecule has 23 heteroatoms. The van der Waals surface area contributed by atoms with Gasteiger partial charge >= 0.3 is 36.4 Å². The third kappa shape index (κ3) is 13.3. The number of aromatic nitrogens is 4. The van der Waals surface area contributed by atoms with Gasteiger partial charge in [0.15, 0.2) is 11.5 Å². The van der Waals surface area contributed by atoms with Gasteiger partial charge in [-0.05, 0) is 30.3 Å². The van der Waals surface area contributed by atoms with Crippen LogP contribution in [0.2, 0.25) is 0 Å². The van der Waals surface area contributed by atoms with Crippen LogP contribution in [0.5, 0.6) is 11.6 Å². The smallest absolute Gasteiger partial charge is 0.490 e. The van der Waals surface area contributed by atoms with E-state index in [2.05, 4.69) is 30.2 Å². The molecule has 0 spiro atoms. The molecule has 5 rings (SSSR count). The van der Waals surface area contributed by atoms with E-state index in [0.29, 0.717) is 5.88 Å². The number of carboxylic acids is 3. The Labute approximate surface area is 292 Å². The third-order valence-electron chi connectivity index (χ3n) is 6.63. The summed E-state index contributed by atoms with van der Waals surface area (Å²) in [6.07, 6.45) is -7.76. The first-order valence-corrected chi connectivity index (χ1v) is 14.4. The minimum Gasteiger partial charge on any atom is -0.497 e. The van der Waals surface area contributed by atoms with Crippen molar-refractivity contribution in [1.82, 2.24) is 24.3 Å². The number of rotatable bonds is 6. The van der Waals surface area contributed by atoms with Crippen molar-refractivity contribution in [2.45, 2.75) is 25.1 Å². The Bertz CT molecular complexity index is 1750. The maximum atomic E-state index is 10.6. The Kier molecular flexibility index (Phi) is 15.2. The molecule has 1 fully saturated rings. The van der Waals surface area contributed by atoms with Crippen molar-refractivity contribution in [3.63, 3.8) is 0 Å². The molecule has 14 nitrogen and oxygen atoms in total. The van der Waals surface area contributed by atoms with Crippen LogP contribution in [0.15, 0.2) is 61.2 Å². The second kappa shape index (κ2) is 18.6. The number of halogens is 9. The molecule has 0 atom stereocenters. The van der Waals surface area contributed by atoms with Gasteiger partial charge in [0.05, 0.1) is 26.1 Å². The fourth-order valence-electron chi connectivity index (χ4n) is 4.19. The van der Waals surface area contributed by atoms with Crippen LogP contribution in [0, 0.1) is 0 Å². The molecule has 4 heterocycles. The van der Waals surface area contributed by atoms with Gasteiger partial charge in [-0.2, -0.15) is 39.5 Å². The first kappa shape index (κ1) is 43.3. The quantitative estimate of drug-likeness (QED) is 0.223. The zero-order valence-corrected chi connectivity index (χ0v) is 27.3. The second-order valence-electron chi connectivity index (χ2n) is 10.2. The number of alkyl halides is 9. The van der Waals surface area contributed by atoms with E-state index in [-0.39, 0.29) is 0 Å². The number of pyridine rings is 1. The molecule has 1 aliphatic rings. The van der Waals surface area contributed by atoms with Crippen molar-refractivity contribution in [3.05, 3.63) is 66.7 Å². The van der Waals surface area contributed by atoms with Gasteiger partial charge in [0.25, 0.3) is 0 Å². The molecule has 0 unspecified atom stereocenters. The summed E-state index contributed by atoms with van der Waals surface area (Å²) in [5.41, 5.74) is 4.11. The lowest BCUT2D eigenvalue weighted by atomic mass is 10.1. The molecule has 1 aromatic carbocycles. The summed E-state index contributed by atoms with van der Waals surface area (Å²) in [6.45, 7) is 4.48. The normalized spacial score (nSPS) is 13.3. The Morgan fingerprint density at radius 3 is 1.68 bits per heavy atom. The van der Waals surface area contributed by atoms with Crippen LogP contribution in [0.3, 0.4) is 0 Å². The predicted molar refractivity (Wildman–Crippen MR) is 164 cm³/mol. The largest absolute Gasteiger partial charge is 0.497 e. The number of fused-ring (bicyclic) bond motifs is 1. The number of nitrogens with zero attached hydrogens (tertiary/aromatic N) is 6. The fourth-order valence-corrected chi connectivity index (χ4v) is 4.19. The number of benzene rings is 1. The number of carbonyl (C=O) groups is 3. The third-order valence-corrected chi connectivity index (χ3v) is 6.63. The molecule has 3 N–H and O–H groups in total. The summed E-state index contributed by atoms with van der Waals surface area (Å²) >= 11 is 0. The van der Waals surface area contributed by atoms with Crippen LogP contribution in [0.25, 0.3) is 16.9 Å². The Morgan fingerprint density at radius 2 is 1.23 bits per heavy atom. The van der Waals surface area contributed by atoms with Crippen molar-refractivity contribution < 1.29 is 78.7 Å². The van der Waals surface area contributed by atoms with E-state index in [0.717, 1.165) is 66.8 Å². The van der Waals surface area contributed by atoms with Gasteiger partial charge in [-0.3, -0.25) is 9.30 Å². The number of carboxylic acid groups (broad SMARTS) is 3. The Morgan fingerprint density at radius 1 is 0.717 bits per heavy atom. The van der Waals surface area contributed by atoms with Crippen molar-refractivity contribution in [3.8, 4) is 22.9 Å². The standard InChI is InChI=1S/C24H26N6O2.3C2HF3O2/c1-31-20-7-5-18(6-8-20)21-16-27-23-22(25-10-11-30(21)23)29-14-12-28(13-15-29)17-19-4-3-9-26-24(19)32-2;3*3-2(4,5)1(6)7/h3-11,16H,12-15,17H2,1-2H3;3*(H,6,7). The molecule has 0 amide bonds. The number of imidazole rings is 1. The van der Waals surface area contributed by atoms with Crippen LogP contribution >= 0.6 is 0 Å². The average molecular weight is 773 g/mol. The van der Waals surface area contributed by atoms with Gasteiger partial charge in [0, 0.05) is 62.4 Å². The van der Waals surface area contributed by atoms with Crippen molar-refractivity contribution >= 4 is 29.4 Å². The van der Waals surface area contributed by atoms with Crippen molar-refractivity contribution in [2.24, 2.45) is 0 Å². The highest BCUT2D eigenvalue weighted by Crippen LogP contribution is 2.27. The predicted octanol–water partition coefficient (Wildman–Crippen LogP) is 5.03. The minimum atomic E-state index is -5.08. The first-order valence-electron chi connectivity index (χ1n) is 14.4. The molecular formula is C30H29F9N6O8. The molecule has 1 saturated heterocycles. The lowest BCUT2D eigenvalue weighted by Gasteiger charge is -2.35. The first-order chi connectivity index (χ1) is 24.6. The van der Waals surface area contributed by atoms with E-state index in [1.54, 1.807) is 20.4 Å². The number of methoxy groups -OCH3 is 2. The van der Waals surface area contributed by atoms with E-state index >= 15 is 0 Å². The van der Waals surface area contributed by atoms with Crippen molar-refractivity contribution in [1.29, 1.82) is 0 Å². The summed E-state index contributed by atoms with van der Waals surface area (Å²) in [5, 5.41) is 21.4. The van der Waals surface area contributed by atoms with Gasteiger partial charge in [-0.15, -0.1) is 0 Å². The van der Waals surface area contributed by atoms with E-state index < -0.39 is 36.4 Å². The fraction of sp³-hybridized carbons (Fsp3) is 0.333. The molecule has 0 aliphatic carbocycles. The lowest BCUT2D eigenvalue weighted by molar-refractivity contribution is -0.193. The van der Waals surface area contributed by atoms with Gasteiger partial charge in [0.1, 0.15) is 5.75 Å². The topological polar surface area (TPSA) is 180 Å². The summed E-state index contributed by atoms with van der Waals surface area (Å²) in [6, 6.07) is 12.1. The maximum absolute atomic E-state index is 10.6. The number of hydrogen-bond acceptors (Lipinski definition) is 10. The maximum Gasteiger partial charge on any atom is 0.490 e. The van der Waals surface area contributed by atoms with Gasteiger partial charge in [-0.25, -0.2) is 29.3 Å². The highest BCUT2D eigenvalue weighted by molar-refractivity contribution is 5.74. The van der Waals surface area contributed by atoms with E-state index in [4.69, 9.17) is 44.2 Å². The molecule has 4 aromatic rings. The Hall–Kier alpha value is -5.87. The van der Waals surface area contributed by atoms with Gasteiger partial charge in [-0.1, -0.05) is 6.07 Å². The zero-order chi connectivity index (χ0) is 40.1. The molecule has 0 radical (unpaired) electrons.